The first-order valence-electron chi connectivity index (χ1n) is 9.21. The number of phenolic OH excluding ortho intramolecular Hbond substituents is 2. The third-order valence-corrected chi connectivity index (χ3v) is 4.41. The SMILES string of the molecule is CC(=O)c1ccc(O)c(CC=C(C)CCC=C(C)CCC=C(C)C)c1O. The zero-order valence-corrected chi connectivity index (χ0v) is 16.7. The first-order chi connectivity index (χ1) is 12.2. The number of hydrogen-bond donors (Lipinski definition) is 2. The second-order valence-electron chi connectivity index (χ2n) is 7.18. The van der Waals surface area contributed by atoms with Crippen LogP contribution < -0.4 is 0 Å². The Kier molecular flexibility index (Phi) is 8.91. The average Bonchev–Trinajstić information content (AvgIpc) is 2.53. The van der Waals surface area contributed by atoms with E-state index in [9.17, 15) is 15.0 Å². The number of benzene rings is 1. The van der Waals surface area contributed by atoms with Gasteiger partial charge in [0.25, 0.3) is 0 Å². The minimum atomic E-state index is -0.210. The maximum absolute atomic E-state index is 11.5. The minimum Gasteiger partial charge on any atom is -0.508 e. The van der Waals surface area contributed by atoms with Gasteiger partial charge in [-0.3, -0.25) is 4.79 Å². The van der Waals surface area contributed by atoms with Crippen LogP contribution in [0.15, 0.2) is 47.1 Å². The smallest absolute Gasteiger partial charge is 0.163 e. The maximum Gasteiger partial charge on any atom is 0.163 e. The lowest BCUT2D eigenvalue weighted by atomic mass is 10.0. The van der Waals surface area contributed by atoms with Gasteiger partial charge in [-0.15, -0.1) is 0 Å². The molecule has 1 rings (SSSR count). The Bertz CT molecular complexity index is 717. The first kappa shape index (κ1) is 21.8. The van der Waals surface area contributed by atoms with Crippen LogP contribution in [-0.2, 0) is 6.42 Å². The number of ketones is 1. The van der Waals surface area contributed by atoms with Gasteiger partial charge in [0, 0.05) is 5.56 Å². The molecule has 0 heterocycles. The van der Waals surface area contributed by atoms with Gasteiger partial charge in [-0.1, -0.05) is 34.9 Å². The predicted octanol–water partition coefficient (Wildman–Crippen LogP) is 6.26. The Hall–Kier alpha value is -2.29. The highest BCUT2D eigenvalue weighted by Gasteiger charge is 2.14. The number of hydrogen-bond acceptors (Lipinski definition) is 3. The number of phenols is 2. The highest BCUT2D eigenvalue weighted by Crippen LogP contribution is 2.31. The van der Waals surface area contributed by atoms with E-state index < -0.39 is 0 Å². The first-order valence-corrected chi connectivity index (χ1v) is 9.21. The van der Waals surface area contributed by atoms with Crippen LogP contribution in [0.1, 0.15) is 76.2 Å². The molecule has 1 aromatic rings. The molecule has 0 unspecified atom stereocenters. The monoisotopic (exact) mass is 356 g/mol. The summed E-state index contributed by atoms with van der Waals surface area (Å²) in [5, 5.41) is 20.2. The van der Waals surface area contributed by atoms with Gasteiger partial charge in [-0.05, 0) is 78.9 Å². The summed E-state index contributed by atoms with van der Waals surface area (Å²) in [5.41, 5.74) is 4.62. The minimum absolute atomic E-state index is 0.0200. The molecular formula is C23H32O3. The Morgan fingerprint density at radius 1 is 0.885 bits per heavy atom. The zero-order valence-electron chi connectivity index (χ0n) is 16.7. The average molecular weight is 357 g/mol. The molecule has 0 spiro atoms. The molecule has 142 valence electrons. The third-order valence-electron chi connectivity index (χ3n) is 4.41. The number of allylic oxidation sites excluding steroid dienone is 6. The van der Waals surface area contributed by atoms with Crippen molar-refractivity contribution in [3.8, 4) is 11.5 Å². The fourth-order valence-corrected chi connectivity index (χ4v) is 2.73. The van der Waals surface area contributed by atoms with Crippen LogP contribution in [0, 0.1) is 0 Å². The van der Waals surface area contributed by atoms with Gasteiger partial charge >= 0.3 is 0 Å². The normalized spacial score (nSPS) is 12.2. The Morgan fingerprint density at radius 2 is 1.46 bits per heavy atom. The lowest BCUT2D eigenvalue weighted by molar-refractivity contribution is 0.101. The van der Waals surface area contributed by atoms with Crippen molar-refractivity contribution in [1.29, 1.82) is 0 Å². The molecule has 0 bridgehead atoms. The fourth-order valence-electron chi connectivity index (χ4n) is 2.73. The number of carbonyl (C=O) groups excluding carboxylic acids is 1. The van der Waals surface area contributed by atoms with E-state index in [0.29, 0.717) is 12.0 Å². The zero-order chi connectivity index (χ0) is 19.7. The van der Waals surface area contributed by atoms with Crippen LogP contribution in [0.25, 0.3) is 0 Å². The molecule has 26 heavy (non-hydrogen) atoms. The summed E-state index contributed by atoms with van der Waals surface area (Å²) in [6, 6.07) is 2.92. The van der Waals surface area contributed by atoms with Crippen LogP contribution in [-0.4, -0.2) is 16.0 Å². The number of rotatable bonds is 9. The summed E-state index contributed by atoms with van der Waals surface area (Å²) in [5.74, 6) is -0.304. The van der Waals surface area contributed by atoms with Crippen molar-refractivity contribution in [2.75, 3.05) is 0 Å². The molecular weight excluding hydrogens is 324 g/mol. The van der Waals surface area contributed by atoms with Gasteiger partial charge < -0.3 is 10.2 Å². The van der Waals surface area contributed by atoms with Gasteiger partial charge in [0.15, 0.2) is 5.78 Å². The van der Waals surface area contributed by atoms with Crippen molar-refractivity contribution in [2.45, 2.75) is 66.7 Å². The van der Waals surface area contributed by atoms with Crippen molar-refractivity contribution in [3.63, 3.8) is 0 Å². The van der Waals surface area contributed by atoms with E-state index >= 15 is 0 Å². The van der Waals surface area contributed by atoms with Crippen LogP contribution >= 0.6 is 0 Å². The van der Waals surface area contributed by atoms with E-state index in [2.05, 4.69) is 39.8 Å². The largest absolute Gasteiger partial charge is 0.508 e. The standard InChI is InChI=1S/C23H32O3/c1-16(2)8-6-9-17(3)10-7-11-18(4)12-13-21-22(25)15-14-20(19(5)24)23(21)26/h8,10,12,14-15,25-26H,6-7,9,11,13H2,1-5H3. The van der Waals surface area contributed by atoms with Gasteiger partial charge in [-0.2, -0.15) is 0 Å². The van der Waals surface area contributed by atoms with Crippen molar-refractivity contribution in [2.24, 2.45) is 0 Å². The third kappa shape index (κ3) is 7.30. The number of carbonyl (C=O) groups is 1. The van der Waals surface area contributed by atoms with E-state index in [0.717, 1.165) is 25.7 Å². The Labute approximate surface area is 157 Å². The lowest BCUT2D eigenvalue weighted by Gasteiger charge is -2.09. The molecule has 3 nitrogen and oxygen atoms in total. The van der Waals surface area contributed by atoms with E-state index in [1.54, 1.807) is 0 Å². The second kappa shape index (κ2) is 10.6. The van der Waals surface area contributed by atoms with E-state index in [4.69, 9.17) is 0 Å². The second-order valence-corrected chi connectivity index (χ2v) is 7.18. The summed E-state index contributed by atoms with van der Waals surface area (Å²) in [6.07, 6.45) is 11.1. The molecule has 0 amide bonds. The number of Topliss-reactive ketones (excluding diaryl/α,β-unsaturated/α-hetero) is 1. The molecule has 0 aliphatic carbocycles. The van der Waals surface area contributed by atoms with Crippen molar-refractivity contribution in [1.82, 2.24) is 0 Å². The van der Waals surface area contributed by atoms with Crippen LogP contribution in [0.2, 0.25) is 0 Å². The molecule has 0 atom stereocenters. The van der Waals surface area contributed by atoms with E-state index in [1.807, 2.05) is 6.08 Å². The number of aromatic hydroxyl groups is 2. The van der Waals surface area contributed by atoms with Gasteiger partial charge in [0.1, 0.15) is 11.5 Å². The fraction of sp³-hybridized carbons (Fsp3) is 0.435. The molecule has 0 aliphatic heterocycles. The van der Waals surface area contributed by atoms with E-state index in [1.165, 1.54) is 35.8 Å². The van der Waals surface area contributed by atoms with Crippen LogP contribution in [0.4, 0.5) is 0 Å². The summed E-state index contributed by atoms with van der Waals surface area (Å²) in [7, 11) is 0. The molecule has 0 saturated heterocycles. The molecule has 0 fully saturated rings. The highest BCUT2D eigenvalue weighted by atomic mass is 16.3. The molecule has 0 radical (unpaired) electrons. The van der Waals surface area contributed by atoms with Crippen molar-refractivity contribution in [3.05, 3.63) is 58.2 Å². The van der Waals surface area contributed by atoms with Crippen LogP contribution in [0.5, 0.6) is 11.5 Å². The molecule has 0 saturated carbocycles. The van der Waals surface area contributed by atoms with Crippen LogP contribution in [0.3, 0.4) is 0 Å². The quantitative estimate of drug-likeness (QED) is 0.405. The van der Waals surface area contributed by atoms with Crippen molar-refractivity contribution < 1.29 is 15.0 Å². The predicted molar refractivity (Wildman–Crippen MR) is 109 cm³/mol. The molecule has 0 aromatic heterocycles. The summed E-state index contributed by atoms with van der Waals surface area (Å²) < 4.78 is 0. The molecule has 3 heteroatoms. The molecule has 0 aliphatic rings. The van der Waals surface area contributed by atoms with Gasteiger partial charge in [-0.25, -0.2) is 0 Å². The maximum atomic E-state index is 11.5. The van der Waals surface area contributed by atoms with Gasteiger partial charge in [0.05, 0.1) is 5.56 Å². The van der Waals surface area contributed by atoms with E-state index in [-0.39, 0.29) is 22.8 Å². The van der Waals surface area contributed by atoms with Crippen molar-refractivity contribution >= 4 is 5.78 Å². The Balaban J connectivity index is 2.63. The van der Waals surface area contributed by atoms with Gasteiger partial charge in [0.2, 0.25) is 0 Å². The summed E-state index contributed by atoms with van der Waals surface area (Å²) in [4.78, 5) is 11.5. The molecule has 1 aromatic carbocycles. The Morgan fingerprint density at radius 3 is 2.04 bits per heavy atom. The highest BCUT2D eigenvalue weighted by molar-refractivity contribution is 5.97. The molecule has 2 N–H and O–H groups in total. The topological polar surface area (TPSA) is 57.5 Å². The summed E-state index contributed by atoms with van der Waals surface area (Å²) in [6.45, 7) is 9.86. The summed E-state index contributed by atoms with van der Waals surface area (Å²) >= 11 is 0. The lowest BCUT2D eigenvalue weighted by Crippen LogP contribution is -1.96.